The molecule has 39 heavy (non-hydrogen) atoms. The van der Waals surface area contributed by atoms with Gasteiger partial charge in [0.05, 0.1) is 22.7 Å². The molecule has 200 valence electrons. The number of aliphatic imine (C=N–C) groups is 1. The van der Waals surface area contributed by atoms with Crippen LogP contribution in [0.4, 0.5) is 5.69 Å². The zero-order chi connectivity index (χ0) is 27.1. The largest absolute Gasteiger partial charge is 0.401 e. The lowest BCUT2D eigenvalue weighted by Crippen LogP contribution is -2.54. The van der Waals surface area contributed by atoms with Gasteiger partial charge in [-0.2, -0.15) is 0 Å². The number of hydrogen-bond acceptors (Lipinski definition) is 9. The summed E-state index contributed by atoms with van der Waals surface area (Å²) in [6, 6.07) is 6.04. The molecule has 0 bridgehead atoms. The molecule has 2 aliphatic heterocycles. The van der Waals surface area contributed by atoms with Gasteiger partial charge in [-0.3, -0.25) is 34.4 Å². The molecular formula is C28H29N7O4. The Kier molecular flexibility index (Phi) is 6.41. The quantitative estimate of drug-likeness (QED) is 0.347. The lowest BCUT2D eigenvalue weighted by atomic mass is 9.80. The minimum atomic E-state index is -0.970. The minimum Gasteiger partial charge on any atom is -0.401 e. The van der Waals surface area contributed by atoms with Gasteiger partial charge in [0.15, 0.2) is 5.82 Å². The van der Waals surface area contributed by atoms with Crippen LogP contribution in [0.2, 0.25) is 0 Å². The van der Waals surface area contributed by atoms with Gasteiger partial charge < -0.3 is 11.1 Å². The molecule has 4 amide bonds. The Morgan fingerprint density at radius 2 is 1.82 bits per heavy atom. The normalized spacial score (nSPS) is 25.3. The van der Waals surface area contributed by atoms with Gasteiger partial charge in [0, 0.05) is 43.0 Å². The molecule has 1 unspecified atom stereocenters. The number of nitrogens with one attached hydrogen (secondary N) is 2. The maximum absolute atomic E-state index is 13.0. The van der Waals surface area contributed by atoms with E-state index in [4.69, 9.17) is 10.7 Å². The molecule has 4 N–H and O–H groups in total. The van der Waals surface area contributed by atoms with Gasteiger partial charge in [0.2, 0.25) is 11.8 Å². The molecule has 2 saturated carbocycles. The molecule has 0 radical (unpaired) electrons. The molecule has 6 rings (SSSR count). The van der Waals surface area contributed by atoms with Crippen molar-refractivity contribution in [2.45, 2.75) is 50.6 Å². The summed E-state index contributed by atoms with van der Waals surface area (Å²) in [5.74, 6) is -0.624. The van der Waals surface area contributed by atoms with E-state index in [1.807, 2.05) is 6.21 Å². The van der Waals surface area contributed by atoms with Crippen LogP contribution in [0, 0.1) is 11.8 Å². The third kappa shape index (κ3) is 4.91. The first-order valence-corrected chi connectivity index (χ1v) is 13.3. The number of allylic oxidation sites excluding steroid dienone is 2. The van der Waals surface area contributed by atoms with Crippen molar-refractivity contribution in [2.75, 3.05) is 11.9 Å². The van der Waals surface area contributed by atoms with Gasteiger partial charge in [0.25, 0.3) is 11.8 Å². The molecule has 4 aliphatic rings. The van der Waals surface area contributed by atoms with Gasteiger partial charge in [-0.25, -0.2) is 9.97 Å². The number of hydrogen-bond donors (Lipinski definition) is 3. The van der Waals surface area contributed by atoms with Crippen molar-refractivity contribution in [1.29, 1.82) is 0 Å². The zero-order valence-corrected chi connectivity index (χ0v) is 21.3. The van der Waals surface area contributed by atoms with Crippen LogP contribution in [-0.2, 0) is 9.59 Å². The second-order valence-electron chi connectivity index (χ2n) is 10.6. The monoisotopic (exact) mass is 527 g/mol. The van der Waals surface area contributed by atoms with E-state index in [0.717, 1.165) is 47.5 Å². The van der Waals surface area contributed by atoms with E-state index in [0.29, 0.717) is 24.2 Å². The molecule has 3 heterocycles. The number of rotatable bonds is 8. The summed E-state index contributed by atoms with van der Waals surface area (Å²) in [6.07, 6.45) is 9.48. The van der Waals surface area contributed by atoms with Crippen molar-refractivity contribution in [3.8, 4) is 0 Å². The molecule has 2 aliphatic carbocycles. The number of fused-ring (bicyclic) bond motifs is 1. The molecule has 1 aromatic carbocycles. The van der Waals surface area contributed by atoms with Gasteiger partial charge in [0.1, 0.15) is 6.04 Å². The van der Waals surface area contributed by atoms with Crippen LogP contribution in [-0.4, -0.2) is 63.3 Å². The first-order chi connectivity index (χ1) is 18.9. The van der Waals surface area contributed by atoms with Crippen molar-refractivity contribution >= 4 is 41.1 Å². The summed E-state index contributed by atoms with van der Waals surface area (Å²) in [5.41, 5.74) is 9.26. The Hall–Kier alpha value is -4.41. The van der Waals surface area contributed by atoms with Crippen LogP contribution in [0.1, 0.15) is 65.1 Å². The molecule has 3 fully saturated rings. The highest BCUT2D eigenvalue weighted by Gasteiger charge is 2.44. The van der Waals surface area contributed by atoms with Crippen molar-refractivity contribution in [3.63, 3.8) is 0 Å². The predicted octanol–water partition coefficient (Wildman–Crippen LogP) is 1.92. The number of carbonyl (C=O) groups excluding carboxylic acids is 4. The first-order valence-electron chi connectivity index (χ1n) is 13.3. The number of imide groups is 2. The molecule has 1 aromatic heterocycles. The van der Waals surface area contributed by atoms with Crippen molar-refractivity contribution in [1.82, 2.24) is 20.2 Å². The number of aromatic nitrogens is 2. The van der Waals surface area contributed by atoms with E-state index in [-0.39, 0.29) is 30.0 Å². The minimum absolute atomic E-state index is 0.0918. The fraction of sp³-hybridized carbons (Fsp3) is 0.393. The fourth-order valence-electron chi connectivity index (χ4n) is 5.33. The fourth-order valence-corrected chi connectivity index (χ4v) is 5.33. The SMILES string of the molecule is NC(=C(C=NC1CC(CNc2ccc3c(c2)C(=O)N(C2CCC(=O)NC2=O)C3=O)C1)c1ncccn1)C1CC1. The zero-order valence-electron chi connectivity index (χ0n) is 21.3. The molecule has 2 aromatic rings. The number of nitrogens with zero attached hydrogens (tertiary/aromatic N) is 4. The number of carbonyl (C=O) groups is 4. The highest BCUT2D eigenvalue weighted by Crippen LogP contribution is 2.37. The molecule has 11 heteroatoms. The van der Waals surface area contributed by atoms with E-state index in [1.54, 1.807) is 36.7 Å². The summed E-state index contributed by atoms with van der Waals surface area (Å²) in [5, 5.41) is 5.58. The van der Waals surface area contributed by atoms with Gasteiger partial charge >= 0.3 is 0 Å². The number of amides is 4. The van der Waals surface area contributed by atoms with Gasteiger partial charge in [-0.1, -0.05) is 0 Å². The van der Waals surface area contributed by atoms with Crippen LogP contribution in [0.5, 0.6) is 0 Å². The maximum atomic E-state index is 13.0. The van der Waals surface area contributed by atoms with E-state index in [2.05, 4.69) is 20.6 Å². The van der Waals surface area contributed by atoms with Crippen molar-refractivity contribution in [2.24, 2.45) is 22.6 Å². The third-order valence-corrected chi connectivity index (χ3v) is 7.79. The molecule has 1 atom stereocenters. The van der Waals surface area contributed by atoms with Gasteiger partial charge in [-0.05, 0) is 68.2 Å². The Labute approximate surface area is 225 Å². The van der Waals surface area contributed by atoms with E-state index >= 15 is 0 Å². The van der Waals surface area contributed by atoms with Crippen LogP contribution in [0.25, 0.3) is 5.57 Å². The number of benzene rings is 1. The lowest BCUT2D eigenvalue weighted by Gasteiger charge is -2.33. The van der Waals surface area contributed by atoms with Crippen molar-refractivity contribution < 1.29 is 19.2 Å². The summed E-state index contributed by atoms with van der Waals surface area (Å²) >= 11 is 0. The van der Waals surface area contributed by atoms with Crippen molar-refractivity contribution in [3.05, 3.63) is 59.3 Å². The van der Waals surface area contributed by atoms with E-state index < -0.39 is 29.7 Å². The Morgan fingerprint density at radius 1 is 1.08 bits per heavy atom. The first kappa shape index (κ1) is 24.9. The summed E-state index contributed by atoms with van der Waals surface area (Å²) in [7, 11) is 0. The predicted molar refractivity (Wildman–Crippen MR) is 142 cm³/mol. The van der Waals surface area contributed by atoms with Crippen LogP contribution >= 0.6 is 0 Å². The highest BCUT2D eigenvalue weighted by molar-refractivity contribution is 6.23. The van der Waals surface area contributed by atoms with E-state index in [9.17, 15) is 19.2 Å². The lowest BCUT2D eigenvalue weighted by molar-refractivity contribution is -0.136. The molecule has 0 spiro atoms. The number of nitrogens with two attached hydrogens (primary N) is 1. The molecule has 1 saturated heterocycles. The second kappa shape index (κ2) is 10.0. The Bertz CT molecular complexity index is 1410. The van der Waals surface area contributed by atoms with Crippen LogP contribution in [0.15, 0.2) is 47.3 Å². The Morgan fingerprint density at radius 3 is 2.54 bits per heavy atom. The smallest absolute Gasteiger partial charge is 0.262 e. The topological polar surface area (TPSA) is 160 Å². The van der Waals surface area contributed by atoms with Crippen LogP contribution in [0.3, 0.4) is 0 Å². The average molecular weight is 528 g/mol. The second-order valence-corrected chi connectivity index (χ2v) is 10.6. The summed E-state index contributed by atoms with van der Waals surface area (Å²) < 4.78 is 0. The summed E-state index contributed by atoms with van der Waals surface area (Å²) in [4.78, 5) is 64.1. The highest BCUT2D eigenvalue weighted by atomic mass is 16.2. The number of piperidine rings is 1. The molecular weight excluding hydrogens is 498 g/mol. The third-order valence-electron chi connectivity index (χ3n) is 7.79. The summed E-state index contributed by atoms with van der Waals surface area (Å²) in [6.45, 7) is 0.707. The average Bonchev–Trinajstić information content (AvgIpc) is 3.73. The maximum Gasteiger partial charge on any atom is 0.262 e. The van der Waals surface area contributed by atoms with Crippen LogP contribution < -0.4 is 16.4 Å². The molecule has 11 nitrogen and oxygen atoms in total. The van der Waals surface area contributed by atoms with Gasteiger partial charge in [-0.15, -0.1) is 0 Å². The Balaban J connectivity index is 1.05. The number of anilines is 1. The standard InChI is InChI=1S/C28H29N7O4/c29-24(16-2-3-16)21(25-30-8-1-9-31-25)14-33-18-10-15(11-18)13-32-17-4-5-19-20(12-17)28(39)35(27(19)38)22-6-7-23(36)34-26(22)37/h1,4-5,8-9,12,14-16,18,22,32H,2-3,6-7,10-11,13,29H2,(H,34,36,37). The van der Waals surface area contributed by atoms with E-state index in [1.165, 1.54) is 0 Å².